The number of hydrogen-bond acceptors (Lipinski definition) is 3. The molecule has 2 aliphatic rings. The summed E-state index contributed by atoms with van der Waals surface area (Å²) in [6.07, 6.45) is 1.18. The van der Waals surface area contributed by atoms with Crippen molar-refractivity contribution in [3.63, 3.8) is 0 Å². The van der Waals surface area contributed by atoms with E-state index in [0.717, 1.165) is 6.54 Å². The fraction of sp³-hybridized carbons (Fsp3) is 0.875. The van der Waals surface area contributed by atoms with Crippen molar-refractivity contribution >= 4 is 5.97 Å². The fourth-order valence-electron chi connectivity index (χ4n) is 2.06. The van der Waals surface area contributed by atoms with E-state index in [1.54, 1.807) is 0 Å². The number of carbonyl (C=O) groups excluding carboxylic acids is 1. The second kappa shape index (κ2) is 1.97. The highest BCUT2D eigenvalue weighted by atomic mass is 16.5. The van der Waals surface area contributed by atoms with Crippen LogP contribution in [-0.2, 0) is 9.53 Å². The summed E-state index contributed by atoms with van der Waals surface area (Å²) >= 11 is 0. The molecule has 0 unspecified atom stereocenters. The Balaban J connectivity index is 2.02. The molecule has 1 spiro atoms. The van der Waals surface area contributed by atoms with Gasteiger partial charge in [0.15, 0.2) is 0 Å². The van der Waals surface area contributed by atoms with Gasteiger partial charge in [0.25, 0.3) is 0 Å². The largest absolute Gasteiger partial charge is 0.468 e. The summed E-state index contributed by atoms with van der Waals surface area (Å²) in [7, 11) is 1.45. The van der Waals surface area contributed by atoms with Crippen molar-refractivity contribution in [2.75, 3.05) is 13.7 Å². The average Bonchev–Trinajstić information content (AvgIpc) is 2.62. The van der Waals surface area contributed by atoms with E-state index in [4.69, 9.17) is 0 Å². The zero-order chi connectivity index (χ0) is 8.06. The van der Waals surface area contributed by atoms with Crippen molar-refractivity contribution < 1.29 is 9.53 Å². The van der Waals surface area contributed by atoms with Crippen LogP contribution in [0.3, 0.4) is 0 Å². The minimum atomic E-state index is -0.0967. The molecule has 1 aliphatic heterocycles. The molecule has 2 fully saturated rings. The minimum Gasteiger partial charge on any atom is -0.468 e. The second-order valence-corrected chi connectivity index (χ2v) is 3.68. The fourth-order valence-corrected chi connectivity index (χ4v) is 2.06. The van der Waals surface area contributed by atoms with E-state index < -0.39 is 0 Å². The Bertz CT molecular complexity index is 200. The molecule has 1 N–H and O–H groups in total. The summed E-state index contributed by atoms with van der Waals surface area (Å²) in [6, 6.07) is -0.0116. The molecule has 1 saturated heterocycles. The molecule has 1 saturated carbocycles. The summed E-state index contributed by atoms with van der Waals surface area (Å²) in [5.41, 5.74) is 0.285. The van der Waals surface area contributed by atoms with Crippen LogP contribution in [0.15, 0.2) is 0 Å². The number of methoxy groups -OCH3 is 1. The number of ether oxygens (including phenoxy) is 1. The monoisotopic (exact) mass is 155 g/mol. The predicted octanol–water partition coefficient (Wildman–Crippen LogP) is 0.157. The topological polar surface area (TPSA) is 38.3 Å². The van der Waals surface area contributed by atoms with Gasteiger partial charge in [-0.05, 0) is 12.3 Å². The summed E-state index contributed by atoms with van der Waals surface area (Å²) < 4.78 is 4.68. The lowest BCUT2D eigenvalue weighted by Gasteiger charge is -2.37. The third-order valence-electron chi connectivity index (χ3n) is 3.15. The summed E-state index contributed by atoms with van der Waals surface area (Å²) in [6.45, 7) is 3.19. The highest BCUT2D eigenvalue weighted by Gasteiger charge is 2.64. The molecule has 0 radical (unpaired) electrons. The molecule has 1 heterocycles. The lowest BCUT2D eigenvalue weighted by molar-refractivity contribution is -0.148. The van der Waals surface area contributed by atoms with E-state index in [-0.39, 0.29) is 17.4 Å². The molecule has 3 nitrogen and oxygen atoms in total. The molecule has 0 bridgehead atoms. The predicted molar refractivity (Wildman–Crippen MR) is 40.0 cm³/mol. The van der Waals surface area contributed by atoms with Crippen LogP contribution < -0.4 is 5.32 Å². The number of hydrogen-bond donors (Lipinski definition) is 1. The van der Waals surface area contributed by atoms with E-state index >= 15 is 0 Å². The van der Waals surface area contributed by atoms with E-state index in [2.05, 4.69) is 17.0 Å². The van der Waals surface area contributed by atoms with Gasteiger partial charge in [0.05, 0.1) is 7.11 Å². The molecule has 62 valence electrons. The molecule has 0 amide bonds. The second-order valence-electron chi connectivity index (χ2n) is 3.68. The van der Waals surface area contributed by atoms with Gasteiger partial charge < -0.3 is 10.1 Å². The smallest absolute Gasteiger partial charge is 0.323 e. The Morgan fingerprint density at radius 2 is 2.36 bits per heavy atom. The average molecular weight is 155 g/mol. The Kier molecular flexibility index (Phi) is 1.27. The van der Waals surface area contributed by atoms with Gasteiger partial charge in [-0.2, -0.15) is 0 Å². The van der Waals surface area contributed by atoms with Gasteiger partial charge in [0.1, 0.15) is 6.04 Å². The number of nitrogens with one attached hydrogen (secondary N) is 1. The van der Waals surface area contributed by atoms with E-state index in [1.165, 1.54) is 13.5 Å². The SMILES string of the molecule is COC(=O)[C@@H]1NC[C@]12C[C@H]2C. The van der Waals surface area contributed by atoms with Crippen LogP contribution in [0.4, 0.5) is 0 Å². The van der Waals surface area contributed by atoms with Crippen LogP contribution >= 0.6 is 0 Å². The molecular weight excluding hydrogens is 142 g/mol. The summed E-state index contributed by atoms with van der Waals surface area (Å²) in [5.74, 6) is 0.605. The Hall–Kier alpha value is -0.570. The molecule has 2 rings (SSSR count). The first-order valence-corrected chi connectivity index (χ1v) is 4.02. The van der Waals surface area contributed by atoms with Gasteiger partial charge in [0, 0.05) is 12.0 Å². The lowest BCUT2D eigenvalue weighted by atomic mass is 9.86. The number of esters is 1. The molecule has 0 aromatic rings. The molecule has 0 aromatic heterocycles. The number of carbonyl (C=O) groups is 1. The summed E-state index contributed by atoms with van der Waals surface area (Å²) in [5, 5.41) is 3.10. The third kappa shape index (κ3) is 0.745. The van der Waals surface area contributed by atoms with E-state index in [9.17, 15) is 4.79 Å². The minimum absolute atomic E-state index is 0.0116. The van der Waals surface area contributed by atoms with Crippen molar-refractivity contribution in [1.29, 1.82) is 0 Å². The van der Waals surface area contributed by atoms with Gasteiger partial charge in [0.2, 0.25) is 0 Å². The molecule has 3 atom stereocenters. The Morgan fingerprint density at radius 3 is 2.64 bits per heavy atom. The van der Waals surface area contributed by atoms with E-state index in [0.29, 0.717) is 5.92 Å². The maximum absolute atomic E-state index is 11.1. The molecule has 0 aromatic carbocycles. The standard InChI is InChI=1S/C8H13NO2/c1-5-3-8(5)4-9-6(8)7(10)11-2/h5-6,9H,3-4H2,1-2H3/t5-,6+,8+/m1/s1. The van der Waals surface area contributed by atoms with Crippen LogP contribution in [-0.4, -0.2) is 25.7 Å². The maximum Gasteiger partial charge on any atom is 0.323 e. The first kappa shape index (κ1) is 7.10. The third-order valence-corrected chi connectivity index (χ3v) is 3.15. The zero-order valence-electron chi connectivity index (χ0n) is 6.89. The van der Waals surface area contributed by atoms with Gasteiger partial charge in [-0.25, -0.2) is 0 Å². The van der Waals surface area contributed by atoms with E-state index in [1.807, 2.05) is 0 Å². The van der Waals surface area contributed by atoms with Gasteiger partial charge in [-0.3, -0.25) is 4.79 Å². The molecule has 3 heteroatoms. The highest BCUT2D eigenvalue weighted by Crippen LogP contribution is 2.58. The lowest BCUT2D eigenvalue weighted by Crippen LogP contribution is -2.60. The van der Waals surface area contributed by atoms with Crippen molar-refractivity contribution in [2.24, 2.45) is 11.3 Å². The van der Waals surface area contributed by atoms with Crippen molar-refractivity contribution in [2.45, 2.75) is 19.4 Å². The first-order chi connectivity index (χ1) is 5.20. The van der Waals surface area contributed by atoms with Crippen LogP contribution in [0.25, 0.3) is 0 Å². The maximum atomic E-state index is 11.1. The van der Waals surface area contributed by atoms with Crippen LogP contribution in [0, 0.1) is 11.3 Å². The van der Waals surface area contributed by atoms with Gasteiger partial charge in [-0.15, -0.1) is 0 Å². The Morgan fingerprint density at radius 1 is 1.73 bits per heavy atom. The highest BCUT2D eigenvalue weighted by molar-refractivity contribution is 5.79. The van der Waals surface area contributed by atoms with Crippen molar-refractivity contribution in [3.8, 4) is 0 Å². The van der Waals surface area contributed by atoms with Crippen LogP contribution in [0.5, 0.6) is 0 Å². The first-order valence-electron chi connectivity index (χ1n) is 4.02. The zero-order valence-corrected chi connectivity index (χ0v) is 6.89. The number of rotatable bonds is 1. The summed E-state index contributed by atoms with van der Waals surface area (Å²) in [4.78, 5) is 11.1. The van der Waals surface area contributed by atoms with Gasteiger partial charge >= 0.3 is 5.97 Å². The Labute approximate surface area is 66.1 Å². The van der Waals surface area contributed by atoms with Gasteiger partial charge in [-0.1, -0.05) is 6.92 Å². The van der Waals surface area contributed by atoms with Crippen LogP contribution in [0.2, 0.25) is 0 Å². The van der Waals surface area contributed by atoms with Crippen LogP contribution in [0.1, 0.15) is 13.3 Å². The normalized spacial score (nSPS) is 46.7. The molecular formula is C8H13NO2. The quantitative estimate of drug-likeness (QED) is 0.548. The van der Waals surface area contributed by atoms with Crippen molar-refractivity contribution in [3.05, 3.63) is 0 Å². The van der Waals surface area contributed by atoms with Crippen molar-refractivity contribution in [1.82, 2.24) is 5.32 Å². The molecule has 1 aliphatic carbocycles. The molecule has 11 heavy (non-hydrogen) atoms.